The first-order valence-corrected chi connectivity index (χ1v) is 12.7. The Balaban J connectivity index is 1.81. The summed E-state index contributed by atoms with van der Waals surface area (Å²) < 4.78 is 12.3. The van der Waals surface area contributed by atoms with E-state index >= 15 is 0 Å². The highest BCUT2D eigenvalue weighted by Crippen LogP contribution is 2.40. The number of rotatable bonds is 11. The SMILES string of the molecule is CCCN(C)C(N(C)C)C(O)(c1cccc(Oc2ccccc2)c1)c1cccc(Oc2ccccc2)c1. The molecule has 0 amide bonds. The Morgan fingerprint density at radius 3 is 1.49 bits per heavy atom. The fourth-order valence-electron chi connectivity index (χ4n) is 4.87. The maximum Gasteiger partial charge on any atom is 0.144 e. The van der Waals surface area contributed by atoms with Gasteiger partial charge < -0.3 is 14.6 Å². The molecule has 0 heterocycles. The van der Waals surface area contributed by atoms with Crippen LogP contribution in [0.4, 0.5) is 0 Å². The molecular weight excluding hydrogens is 460 g/mol. The molecule has 0 saturated carbocycles. The van der Waals surface area contributed by atoms with Crippen molar-refractivity contribution in [1.82, 2.24) is 9.80 Å². The van der Waals surface area contributed by atoms with Crippen LogP contribution in [-0.4, -0.2) is 48.8 Å². The van der Waals surface area contributed by atoms with Gasteiger partial charge in [0.25, 0.3) is 0 Å². The van der Waals surface area contributed by atoms with E-state index in [1.807, 2.05) is 130 Å². The van der Waals surface area contributed by atoms with Crippen LogP contribution in [0.3, 0.4) is 0 Å². The molecule has 192 valence electrons. The normalized spacial score (nSPS) is 12.5. The Morgan fingerprint density at radius 2 is 1.08 bits per heavy atom. The van der Waals surface area contributed by atoms with Gasteiger partial charge in [0.1, 0.15) is 28.6 Å². The second-order valence-electron chi connectivity index (χ2n) is 9.47. The highest BCUT2D eigenvalue weighted by atomic mass is 16.5. The van der Waals surface area contributed by atoms with Gasteiger partial charge in [-0.05, 0) is 93.8 Å². The Kier molecular flexibility index (Phi) is 8.62. The Morgan fingerprint density at radius 1 is 0.649 bits per heavy atom. The Labute approximate surface area is 220 Å². The summed E-state index contributed by atoms with van der Waals surface area (Å²) in [6, 6.07) is 34.8. The number of benzene rings is 4. The van der Waals surface area contributed by atoms with Gasteiger partial charge >= 0.3 is 0 Å². The van der Waals surface area contributed by atoms with E-state index < -0.39 is 5.60 Å². The van der Waals surface area contributed by atoms with Crippen molar-refractivity contribution in [2.75, 3.05) is 27.7 Å². The zero-order valence-electron chi connectivity index (χ0n) is 22.0. The molecule has 4 aromatic rings. The van der Waals surface area contributed by atoms with E-state index in [-0.39, 0.29) is 6.17 Å². The molecule has 0 aromatic heterocycles. The van der Waals surface area contributed by atoms with Crippen LogP contribution in [0.15, 0.2) is 109 Å². The van der Waals surface area contributed by atoms with Crippen LogP contribution >= 0.6 is 0 Å². The number of nitrogens with zero attached hydrogens (tertiary/aromatic N) is 2. The van der Waals surface area contributed by atoms with Gasteiger partial charge in [-0.2, -0.15) is 0 Å². The summed E-state index contributed by atoms with van der Waals surface area (Å²) in [6.07, 6.45) is 0.608. The van der Waals surface area contributed by atoms with Crippen molar-refractivity contribution in [3.05, 3.63) is 120 Å². The molecule has 1 unspecified atom stereocenters. The fourth-order valence-corrected chi connectivity index (χ4v) is 4.87. The molecule has 0 bridgehead atoms. The summed E-state index contributed by atoms with van der Waals surface area (Å²) >= 11 is 0. The molecule has 0 fully saturated rings. The molecular formula is C32H36N2O3. The first-order chi connectivity index (χ1) is 17.9. The third kappa shape index (κ3) is 6.20. The molecule has 1 N–H and O–H groups in total. The van der Waals surface area contributed by atoms with Crippen molar-refractivity contribution in [1.29, 1.82) is 0 Å². The lowest BCUT2D eigenvalue weighted by Crippen LogP contribution is -2.57. The average Bonchev–Trinajstić information content (AvgIpc) is 2.90. The topological polar surface area (TPSA) is 45.2 Å². The molecule has 0 spiro atoms. The number of likely N-dealkylation sites (N-methyl/N-ethyl adjacent to an activating group) is 2. The third-order valence-electron chi connectivity index (χ3n) is 6.36. The highest BCUT2D eigenvalue weighted by molar-refractivity contribution is 5.45. The van der Waals surface area contributed by atoms with Crippen LogP contribution in [0, 0.1) is 0 Å². The number of para-hydroxylation sites is 2. The number of ether oxygens (including phenoxy) is 2. The summed E-state index contributed by atoms with van der Waals surface area (Å²) in [6.45, 7) is 2.97. The number of hydrogen-bond donors (Lipinski definition) is 1. The lowest BCUT2D eigenvalue weighted by Gasteiger charge is -2.45. The molecule has 0 aliphatic carbocycles. The van der Waals surface area contributed by atoms with E-state index in [4.69, 9.17) is 9.47 Å². The minimum Gasteiger partial charge on any atom is -0.457 e. The van der Waals surface area contributed by atoms with E-state index in [1.165, 1.54) is 0 Å². The maximum absolute atomic E-state index is 12.8. The third-order valence-corrected chi connectivity index (χ3v) is 6.36. The lowest BCUT2D eigenvalue weighted by molar-refractivity contribution is -0.0744. The lowest BCUT2D eigenvalue weighted by atomic mass is 9.82. The summed E-state index contributed by atoms with van der Waals surface area (Å²) in [5.74, 6) is 2.81. The van der Waals surface area contributed by atoms with Gasteiger partial charge in [-0.1, -0.05) is 67.6 Å². The Bertz CT molecular complexity index is 1180. The van der Waals surface area contributed by atoms with Crippen molar-refractivity contribution in [2.24, 2.45) is 0 Å². The van der Waals surface area contributed by atoms with E-state index in [1.54, 1.807) is 0 Å². The standard InChI is InChI=1S/C32H36N2O3/c1-5-22-34(4)31(33(2)3)32(35,25-14-12-20-29(23-25)36-27-16-8-6-9-17-27)26-15-13-21-30(24-26)37-28-18-10-7-11-19-28/h6-21,23-24,31,35H,5,22H2,1-4H3. The highest BCUT2D eigenvalue weighted by Gasteiger charge is 2.44. The van der Waals surface area contributed by atoms with Crippen molar-refractivity contribution in [3.63, 3.8) is 0 Å². The van der Waals surface area contributed by atoms with Crippen LogP contribution < -0.4 is 9.47 Å². The van der Waals surface area contributed by atoms with E-state index in [9.17, 15) is 5.11 Å². The second kappa shape index (κ2) is 12.1. The van der Waals surface area contributed by atoms with Crippen molar-refractivity contribution < 1.29 is 14.6 Å². The monoisotopic (exact) mass is 496 g/mol. The van der Waals surface area contributed by atoms with Gasteiger partial charge in [-0.25, -0.2) is 0 Å². The minimum absolute atomic E-state index is 0.355. The largest absolute Gasteiger partial charge is 0.457 e. The summed E-state index contributed by atoms with van der Waals surface area (Å²) in [4.78, 5) is 4.25. The summed E-state index contributed by atoms with van der Waals surface area (Å²) in [5, 5.41) is 12.8. The van der Waals surface area contributed by atoms with Crippen LogP contribution in [0.1, 0.15) is 24.5 Å². The second-order valence-corrected chi connectivity index (χ2v) is 9.47. The first kappa shape index (κ1) is 26.4. The zero-order valence-corrected chi connectivity index (χ0v) is 22.0. The summed E-state index contributed by atoms with van der Waals surface area (Å²) in [7, 11) is 6.04. The number of aliphatic hydroxyl groups is 1. The Hall–Kier alpha value is -3.64. The van der Waals surface area contributed by atoms with Crippen LogP contribution in [0.5, 0.6) is 23.0 Å². The van der Waals surface area contributed by atoms with Crippen LogP contribution in [-0.2, 0) is 5.60 Å². The van der Waals surface area contributed by atoms with Gasteiger partial charge in [-0.3, -0.25) is 9.80 Å². The molecule has 37 heavy (non-hydrogen) atoms. The predicted molar refractivity (Wildman–Crippen MR) is 149 cm³/mol. The van der Waals surface area contributed by atoms with E-state index in [2.05, 4.69) is 16.7 Å². The smallest absolute Gasteiger partial charge is 0.144 e. The molecule has 0 radical (unpaired) electrons. The van der Waals surface area contributed by atoms with Gasteiger partial charge in [0, 0.05) is 0 Å². The van der Waals surface area contributed by atoms with Crippen molar-refractivity contribution in [3.8, 4) is 23.0 Å². The first-order valence-electron chi connectivity index (χ1n) is 12.7. The molecule has 1 atom stereocenters. The zero-order chi connectivity index (χ0) is 26.3. The van der Waals surface area contributed by atoms with E-state index in [0.717, 1.165) is 35.6 Å². The average molecular weight is 497 g/mol. The molecule has 0 saturated heterocycles. The van der Waals surface area contributed by atoms with Gasteiger partial charge in [0.2, 0.25) is 0 Å². The predicted octanol–water partition coefficient (Wildman–Crippen LogP) is 6.74. The summed E-state index contributed by atoms with van der Waals surface area (Å²) in [5.41, 5.74) is 0.0818. The van der Waals surface area contributed by atoms with Crippen LogP contribution in [0.25, 0.3) is 0 Å². The fraction of sp³-hybridized carbons (Fsp3) is 0.250. The van der Waals surface area contributed by atoms with Gasteiger partial charge in [-0.15, -0.1) is 0 Å². The molecule has 0 aliphatic heterocycles. The molecule has 5 nitrogen and oxygen atoms in total. The molecule has 5 heteroatoms. The van der Waals surface area contributed by atoms with Crippen LogP contribution in [0.2, 0.25) is 0 Å². The quantitative estimate of drug-likeness (QED) is 0.233. The maximum atomic E-state index is 12.8. The van der Waals surface area contributed by atoms with Gasteiger partial charge in [0.15, 0.2) is 0 Å². The minimum atomic E-state index is -1.39. The molecule has 4 rings (SSSR count). The molecule has 4 aromatic carbocycles. The number of hydrogen-bond acceptors (Lipinski definition) is 5. The van der Waals surface area contributed by atoms with E-state index in [0.29, 0.717) is 11.5 Å². The van der Waals surface area contributed by atoms with Crippen molar-refractivity contribution >= 4 is 0 Å². The molecule has 0 aliphatic rings. The van der Waals surface area contributed by atoms with Crippen molar-refractivity contribution in [2.45, 2.75) is 25.1 Å². The van der Waals surface area contributed by atoms with Gasteiger partial charge in [0.05, 0.1) is 6.17 Å².